The smallest absolute Gasteiger partial charge is 0.426 e. The van der Waals surface area contributed by atoms with E-state index in [0.29, 0.717) is 25.7 Å². The van der Waals surface area contributed by atoms with Crippen molar-refractivity contribution in [1.82, 2.24) is 0 Å². The van der Waals surface area contributed by atoms with Crippen LogP contribution < -0.4 is 9.47 Å². The zero-order chi connectivity index (χ0) is 18.4. The molecule has 0 heterocycles. The van der Waals surface area contributed by atoms with Crippen LogP contribution in [0, 0.1) is 23.2 Å². The van der Waals surface area contributed by atoms with Gasteiger partial charge in [-0.3, -0.25) is 4.79 Å². The molecule has 0 spiro atoms. The van der Waals surface area contributed by atoms with Crippen molar-refractivity contribution in [3.8, 4) is 17.6 Å². The van der Waals surface area contributed by atoms with E-state index in [1.54, 1.807) is 0 Å². The van der Waals surface area contributed by atoms with Gasteiger partial charge in [0.1, 0.15) is 17.6 Å². The van der Waals surface area contributed by atoms with Gasteiger partial charge in [-0.05, 0) is 61.9 Å². The largest absolute Gasteiger partial charge is 0.573 e. The maximum absolute atomic E-state index is 12.9. The van der Waals surface area contributed by atoms with Crippen molar-refractivity contribution in [2.75, 3.05) is 0 Å². The maximum atomic E-state index is 12.9. The molecule has 1 saturated carbocycles. The van der Waals surface area contributed by atoms with Gasteiger partial charge in [-0.25, -0.2) is 0 Å². The molecule has 1 aromatic rings. The van der Waals surface area contributed by atoms with Crippen LogP contribution in [0.15, 0.2) is 36.2 Å². The first-order chi connectivity index (χ1) is 11.8. The van der Waals surface area contributed by atoms with Crippen molar-refractivity contribution in [2.24, 2.45) is 11.8 Å². The van der Waals surface area contributed by atoms with E-state index in [1.165, 1.54) is 24.3 Å². The number of allylic oxidation sites excluding steroid dienone is 2. The average Bonchev–Trinajstić information content (AvgIpc) is 2.56. The standard InChI is InChI=1S/C17H15F4NO3/c18-13(10-22)9-11-1-3-12(4-2-11)16(23)24-14-5-7-15(8-6-14)25-17(19,20)21/h5-9,11-12H,1-4H2/b13-9+. The number of benzene rings is 1. The molecule has 0 saturated heterocycles. The van der Waals surface area contributed by atoms with Gasteiger partial charge in [0, 0.05) is 0 Å². The fraction of sp³-hybridized carbons (Fsp3) is 0.412. The Balaban J connectivity index is 1.86. The summed E-state index contributed by atoms with van der Waals surface area (Å²) in [7, 11) is 0. The van der Waals surface area contributed by atoms with Crippen molar-refractivity contribution in [1.29, 1.82) is 5.26 Å². The summed E-state index contributed by atoms with van der Waals surface area (Å²) in [5, 5.41) is 8.41. The Kier molecular flexibility index (Phi) is 6.02. The van der Waals surface area contributed by atoms with Crippen LogP contribution in [0.1, 0.15) is 25.7 Å². The molecule has 0 aromatic heterocycles. The van der Waals surface area contributed by atoms with Gasteiger partial charge >= 0.3 is 12.3 Å². The minimum Gasteiger partial charge on any atom is -0.426 e. The molecule has 2 rings (SSSR count). The first-order valence-electron chi connectivity index (χ1n) is 7.62. The number of halogens is 4. The average molecular weight is 357 g/mol. The number of carbonyl (C=O) groups is 1. The van der Waals surface area contributed by atoms with E-state index in [9.17, 15) is 22.4 Å². The Morgan fingerprint density at radius 1 is 1.12 bits per heavy atom. The van der Waals surface area contributed by atoms with Crippen LogP contribution in [-0.4, -0.2) is 12.3 Å². The van der Waals surface area contributed by atoms with Crippen LogP contribution in [0.5, 0.6) is 11.5 Å². The number of carbonyl (C=O) groups excluding carboxylic acids is 1. The first kappa shape index (κ1) is 18.8. The molecule has 8 heteroatoms. The van der Waals surface area contributed by atoms with E-state index < -0.39 is 23.9 Å². The molecule has 0 unspecified atom stereocenters. The van der Waals surface area contributed by atoms with Gasteiger partial charge in [0.05, 0.1) is 5.92 Å². The number of rotatable bonds is 4. The van der Waals surface area contributed by atoms with Gasteiger partial charge in [0.25, 0.3) is 0 Å². The lowest BCUT2D eigenvalue weighted by molar-refractivity contribution is -0.274. The SMILES string of the molecule is N#C/C(F)=C\C1CCC(C(=O)Oc2ccc(OC(F)(F)F)cc2)CC1. The molecule has 4 nitrogen and oxygen atoms in total. The molecule has 134 valence electrons. The summed E-state index contributed by atoms with van der Waals surface area (Å²) in [4.78, 5) is 12.1. The number of ether oxygens (including phenoxy) is 2. The van der Waals surface area contributed by atoms with Crippen molar-refractivity contribution in [2.45, 2.75) is 32.0 Å². The van der Waals surface area contributed by atoms with Crippen LogP contribution >= 0.6 is 0 Å². The predicted octanol–water partition coefficient (Wildman–Crippen LogP) is 4.67. The van der Waals surface area contributed by atoms with E-state index in [-0.39, 0.29) is 17.6 Å². The first-order valence-corrected chi connectivity index (χ1v) is 7.62. The number of hydrogen-bond acceptors (Lipinski definition) is 4. The molecule has 0 aliphatic heterocycles. The van der Waals surface area contributed by atoms with Crippen LogP contribution in [0.4, 0.5) is 17.6 Å². The highest BCUT2D eigenvalue weighted by Crippen LogP contribution is 2.32. The molecule has 0 N–H and O–H groups in total. The molecule has 0 radical (unpaired) electrons. The summed E-state index contributed by atoms with van der Waals surface area (Å²) in [5.41, 5.74) is 0. The molecule has 1 aromatic carbocycles. The van der Waals surface area contributed by atoms with Crippen molar-refractivity contribution in [3.63, 3.8) is 0 Å². The zero-order valence-corrected chi connectivity index (χ0v) is 13.1. The van der Waals surface area contributed by atoms with Crippen molar-refractivity contribution < 1.29 is 31.8 Å². The fourth-order valence-electron chi connectivity index (χ4n) is 2.67. The van der Waals surface area contributed by atoms with E-state index in [4.69, 9.17) is 10.00 Å². The normalized spacial score (nSPS) is 21.3. The summed E-state index contributed by atoms with van der Waals surface area (Å²) < 4.78 is 58.0. The van der Waals surface area contributed by atoms with Gasteiger partial charge in [0.2, 0.25) is 0 Å². The molecule has 0 atom stereocenters. The molecule has 1 aliphatic rings. The van der Waals surface area contributed by atoms with Crippen LogP contribution in [0.2, 0.25) is 0 Å². The lowest BCUT2D eigenvalue weighted by Gasteiger charge is -2.25. The summed E-state index contributed by atoms with van der Waals surface area (Å²) in [6, 6.07) is 5.97. The predicted molar refractivity (Wildman–Crippen MR) is 79.0 cm³/mol. The van der Waals surface area contributed by atoms with E-state index >= 15 is 0 Å². The maximum Gasteiger partial charge on any atom is 0.573 e. The Labute approximate surface area is 141 Å². The third-order valence-electron chi connectivity index (χ3n) is 3.87. The Bertz CT molecular complexity index is 669. The summed E-state index contributed by atoms with van der Waals surface area (Å²) in [6.45, 7) is 0. The highest BCUT2D eigenvalue weighted by atomic mass is 19.4. The van der Waals surface area contributed by atoms with Gasteiger partial charge in [-0.1, -0.05) is 0 Å². The van der Waals surface area contributed by atoms with Crippen LogP contribution in [0.25, 0.3) is 0 Å². The molecule has 25 heavy (non-hydrogen) atoms. The quantitative estimate of drug-likeness (QED) is 0.340. The third kappa shape index (κ3) is 6.10. The Morgan fingerprint density at radius 2 is 1.68 bits per heavy atom. The van der Waals surface area contributed by atoms with E-state index in [0.717, 1.165) is 12.1 Å². The number of nitriles is 1. The molecule has 1 fully saturated rings. The Hall–Kier alpha value is -2.56. The molecular formula is C17H15F4NO3. The summed E-state index contributed by atoms with van der Waals surface area (Å²) >= 11 is 0. The summed E-state index contributed by atoms with van der Waals surface area (Å²) in [5.74, 6) is -2.03. The second-order valence-electron chi connectivity index (χ2n) is 5.68. The Morgan fingerprint density at radius 3 is 2.20 bits per heavy atom. The van der Waals surface area contributed by atoms with Crippen LogP contribution in [0.3, 0.4) is 0 Å². The van der Waals surface area contributed by atoms with Crippen LogP contribution in [-0.2, 0) is 4.79 Å². The molecule has 1 aliphatic carbocycles. The zero-order valence-electron chi connectivity index (χ0n) is 13.1. The van der Waals surface area contributed by atoms with Gasteiger partial charge in [-0.2, -0.15) is 9.65 Å². The highest BCUT2D eigenvalue weighted by molar-refractivity contribution is 5.75. The molecule has 0 bridgehead atoms. The highest BCUT2D eigenvalue weighted by Gasteiger charge is 2.31. The molecular weight excluding hydrogens is 342 g/mol. The monoisotopic (exact) mass is 357 g/mol. The second kappa shape index (κ2) is 8.01. The summed E-state index contributed by atoms with van der Waals surface area (Å²) in [6.07, 6.45) is -1.40. The van der Waals surface area contributed by atoms with E-state index in [1.807, 2.05) is 0 Å². The molecule has 0 amide bonds. The van der Waals surface area contributed by atoms with Gasteiger partial charge in [0.15, 0.2) is 5.83 Å². The number of nitrogens with zero attached hydrogens (tertiary/aromatic N) is 1. The number of hydrogen-bond donors (Lipinski definition) is 0. The van der Waals surface area contributed by atoms with Gasteiger partial charge in [-0.15, -0.1) is 13.2 Å². The van der Waals surface area contributed by atoms with E-state index in [2.05, 4.69) is 4.74 Å². The lowest BCUT2D eigenvalue weighted by Crippen LogP contribution is -2.25. The second-order valence-corrected chi connectivity index (χ2v) is 5.68. The number of alkyl halides is 3. The number of esters is 1. The van der Waals surface area contributed by atoms with Gasteiger partial charge < -0.3 is 9.47 Å². The lowest BCUT2D eigenvalue weighted by atomic mass is 9.82. The topological polar surface area (TPSA) is 59.3 Å². The fourth-order valence-corrected chi connectivity index (χ4v) is 2.67. The van der Waals surface area contributed by atoms with Crippen molar-refractivity contribution in [3.05, 3.63) is 36.2 Å². The van der Waals surface area contributed by atoms with Crippen molar-refractivity contribution >= 4 is 5.97 Å². The minimum absolute atomic E-state index is 0.0810. The third-order valence-corrected chi connectivity index (χ3v) is 3.87. The minimum atomic E-state index is -4.78.